The average Bonchev–Trinajstić information content (AvgIpc) is 2.97. The first kappa shape index (κ1) is 23.3. The van der Waals surface area contributed by atoms with Gasteiger partial charge in [0.2, 0.25) is 0 Å². The molecule has 0 spiro atoms. The topological polar surface area (TPSA) is 63.9 Å². The van der Waals surface area contributed by atoms with Crippen molar-refractivity contribution >= 4 is 0 Å². The van der Waals surface area contributed by atoms with Crippen molar-refractivity contribution in [2.75, 3.05) is 13.6 Å². The number of hydrogen-bond donors (Lipinski definition) is 3. The first-order chi connectivity index (χ1) is 15.0. The van der Waals surface area contributed by atoms with Crippen LogP contribution in [0, 0.1) is 40.4 Å². The van der Waals surface area contributed by atoms with Gasteiger partial charge in [0, 0.05) is 12.6 Å². The van der Waals surface area contributed by atoms with Crippen LogP contribution in [0.15, 0.2) is 11.6 Å². The van der Waals surface area contributed by atoms with Gasteiger partial charge in [-0.15, -0.1) is 0 Å². The number of aliphatic hydroxyl groups excluding tert-OH is 2. The smallest absolute Gasteiger partial charge is 0.0746 e. The van der Waals surface area contributed by atoms with Gasteiger partial charge in [-0.25, -0.2) is 0 Å². The van der Waals surface area contributed by atoms with E-state index in [1.807, 2.05) is 6.92 Å². The summed E-state index contributed by atoms with van der Waals surface area (Å²) in [6.45, 7) is 10.1. The minimum Gasteiger partial charge on any atom is -0.393 e. The van der Waals surface area contributed by atoms with Gasteiger partial charge in [0.1, 0.15) is 0 Å². The monoisotopic (exact) mass is 445 g/mol. The van der Waals surface area contributed by atoms with Gasteiger partial charge in [-0.1, -0.05) is 32.4 Å². The Kier molecular flexibility index (Phi) is 5.68. The third kappa shape index (κ3) is 3.46. The molecular formula is C28H47NO3. The fraction of sp³-hybridized carbons (Fsp3) is 0.929. The Morgan fingerprint density at radius 2 is 1.78 bits per heavy atom. The number of allylic oxidation sites excluding steroid dienone is 1. The zero-order chi connectivity index (χ0) is 23.1. The van der Waals surface area contributed by atoms with Crippen molar-refractivity contribution in [3.63, 3.8) is 0 Å². The lowest BCUT2D eigenvalue weighted by Crippen LogP contribution is -2.55. The van der Waals surface area contributed by atoms with Crippen LogP contribution in [0.3, 0.4) is 0 Å². The summed E-state index contributed by atoms with van der Waals surface area (Å²) in [5, 5.41) is 32.3. The number of likely N-dealkylation sites (N-methyl/N-ethyl adjacent to an activating group) is 1. The molecule has 4 aliphatic carbocycles. The first-order valence-corrected chi connectivity index (χ1v) is 13.4. The van der Waals surface area contributed by atoms with Crippen LogP contribution in [0.4, 0.5) is 0 Å². The number of likely N-dealkylation sites (tertiary alicyclic amines) is 1. The van der Waals surface area contributed by atoms with E-state index in [9.17, 15) is 15.3 Å². The maximum Gasteiger partial charge on any atom is 0.0746 e. The largest absolute Gasteiger partial charge is 0.393 e. The number of aliphatic hydroxyl groups is 3. The van der Waals surface area contributed by atoms with Crippen molar-refractivity contribution in [3.8, 4) is 0 Å². The van der Waals surface area contributed by atoms with Crippen molar-refractivity contribution in [2.45, 2.75) is 109 Å². The van der Waals surface area contributed by atoms with E-state index in [4.69, 9.17) is 0 Å². The van der Waals surface area contributed by atoms with Gasteiger partial charge in [0.05, 0.1) is 17.8 Å². The Balaban J connectivity index is 1.39. The number of fused-ring (bicyclic) bond motifs is 5. The minimum atomic E-state index is -0.584. The molecule has 32 heavy (non-hydrogen) atoms. The van der Waals surface area contributed by atoms with Crippen molar-refractivity contribution in [1.82, 2.24) is 4.90 Å². The molecule has 11 atom stereocenters. The average molecular weight is 446 g/mol. The van der Waals surface area contributed by atoms with Crippen LogP contribution in [-0.2, 0) is 0 Å². The van der Waals surface area contributed by atoms with Crippen molar-refractivity contribution in [2.24, 2.45) is 40.4 Å². The van der Waals surface area contributed by atoms with E-state index in [2.05, 4.69) is 38.8 Å². The molecule has 4 nitrogen and oxygen atoms in total. The molecule has 1 heterocycles. The number of hydrogen-bond acceptors (Lipinski definition) is 4. The normalized spacial score (nSPS) is 54.9. The Bertz CT molecular complexity index is 764. The second kappa shape index (κ2) is 7.80. The predicted octanol–water partition coefficient (Wildman–Crippen LogP) is 4.38. The van der Waals surface area contributed by atoms with Crippen molar-refractivity contribution < 1.29 is 15.3 Å². The summed E-state index contributed by atoms with van der Waals surface area (Å²) >= 11 is 0. The van der Waals surface area contributed by atoms with Gasteiger partial charge in [0.25, 0.3) is 0 Å². The summed E-state index contributed by atoms with van der Waals surface area (Å²) in [6.07, 6.45) is 11.6. The molecule has 5 aliphatic rings. The molecule has 1 saturated heterocycles. The quantitative estimate of drug-likeness (QED) is 0.552. The van der Waals surface area contributed by atoms with E-state index in [-0.39, 0.29) is 23.0 Å². The van der Waals surface area contributed by atoms with Crippen LogP contribution in [0.1, 0.15) is 85.5 Å². The van der Waals surface area contributed by atoms with Crippen LogP contribution in [0.5, 0.6) is 0 Å². The zero-order valence-electron chi connectivity index (χ0n) is 21.1. The van der Waals surface area contributed by atoms with Crippen molar-refractivity contribution in [1.29, 1.82) is 0 Å². The van der Waals surface area contributed by atoms with Crippen LogP contribution in [0.2, 0.25) is 0 Å². The maximum absolute atomic E-state index is 11.5. The zero-order valence-corrected chi connectivity index (χ0v) is 21.1. The van der Waals surface area contributed by atoms with E-state index >= 15 is 0 Å². The molecule has 5 rings (SSSR count). The summed E-state index contributed by atoms with van der Waals surface area (Å²) < 4.78 is 0. The van der Waals surface area contributed by atoms with E-state index in [1.54, 1.807) is 0 Å². The molecule has 0 aromatic heterocycles. The fourth-order valence-corrected chi connectivity index (χ4v) is 9.96. The number of rotatable bonds is 2. The Morgan fingerprint density at radius 3 is 2.50 bits per heavy atom. The van der Waals surface area contributed by atoms with E-state index in [0.29, 0.717) is 35.6 Å². The molecule has 4 fully saturated rings. The minimum absolute atomic E-state index is 0.147. The van der Waals surface area contributed by atoms with Gasteiger partial charge in [-0.3, -0.25) is 0 Å². The van der Waals surface area contributed by atoms with Gasteiger partial charge in [0.15, 0.2) is 0 Å². The molecule has 3 N–H and O–H groups in total. The molecular weight excluding hydrogens is 398 g/mol. The summed E-state index contributed by atoms with van der Waals surface area (Å²) in [4.78, 5) is 2.37. The van der Waals surface area contributed by atoms with Crippen LogP contribution >= 0.6 is 0 Å². The highest BCUT2D eigenvalue weighted by molar-refractivity contribution is 5.25. The molecule has 0 aromatic rings. The molecule has 0 radical (unpaired) electrons. The highest BCUT2D eigenvalue weighted by atomic mass is 16.3. The Morgan fingerprint density at radius 1 is 1.03 bits per heavy atom. The fourth-order valence-electron chi connectivity index (χ4n) is 9.96. The maximum atomic E-state index is 11.5. The summed E-state index contributed by atoms with van der Waals surface area (Å²) in [5.41, 5.74) is 1.41. The number of nitrogens with zero attached hydrogens (tertiary/aromatic N) is 1. The van der Waals surface area contributed by atoms with Crippen LogP contribution < -0.4 is 0 Å². The molecule has 1 aliphatic heterocycles. The van der Waals surface area contributed by atoms with Gasteiger partial charge in [-0.05, 0) is 112 Å². The number of β-amino-alcohol motifs (C(OH)–C–C–N with tert-alkyl or cyclic N) is 1. The standard InChI is InChI=1S/C28H47NO3/c1-17(23-10-11-26(2,32)16-29(23)5)25-24(31)15-22-20-7-6-18-14-19(30)8-12-27(18,3)21(20)9-13-28(22,25)4/h6,17,19-25,30-32H,7-16H2,1-5H3/t17-,19+,20-,21+,22+,23-,24-,25+,26+,27+,28+/m1/s1. The lowest BCUT2D eigenvalue weighted by Gasteiger charge is -2.58. The second-order valence-corrected chi connectivity index (χ2v) is 13.4. The van der Waals surface area contributed by atoms with Crippen molar-refractivity contribution in [3.05, 3.63) is 11.6 Å². The predicted molar refractivity (Wildman–Crippen MR) is 128 cm³/mol. The van der Waals surface area contributed by atoms with Crippen LogP contribution in [0.25, 0.3) is 0 Å². The Hall–Kier alpha value is -0.420. The molecule has 0 amide bonds. The molecule has 182 valence electrons. The molecule has 0 unspecified atom stereocenters. The molecule has 3 saturated carbocycles. The van der Waals surface area contributed by atoms with Gasteiger partial charge in [-0.2, -0.15) is 0 Å². The lowest BCUT2D eigenvalue weighted by atomic mass is 9.47. The molecule has 4 heteroatoms. The van der Waals surface area contributed by atoms with Gasteiger partial charge >= 0.3 is 0 Å². The summed E-state index contributed by atoms with van der Waals surface area (Å²) in [6, 6.07) is 0.443. The van der Waals surface area contributed by atoms with Gasteiger partial charge < -0.3 is 20.2 Å². The third-order valence-corrected chi connectivity index (χ3v) is 11.5. The van der Waals surface area contributed by atoms with E-state index < -0.39 is 5.60 Å². The van der Waals surface area contributed by atoms with E-state index in [1.165, 1.54) is 18.4 Å². The van der Waals surface area contributed by atoms with Crippen LogP contribution in [-0.4, -0.2) is 57.7 Å². The lowest BCUT2D eigenvalue weighted by molar-refractivity contribution is -0.0867. The molecule has 0 aromatic carbocycles. The SMILES string of the molecule is C[C@@H]([C@H]1[C@H](O)C[C@H]2[C@@H]3CC=C4C[C@@H](O)CC[C@]4(C)[C@H]3CC[C@]12C)[C@H]1CC[C@](C)(O)CN1C. The Labute approximate surface area is 195 Å². The highest BCUT2D eigenvalue weighted by Crippen LogP contribution is 2.67. The first-order valence-electron chi connectivity index (χ1n) is 13.4. The van der Waals surface area contributed by atoms with E-state index in [0.717, 1.165) is 51.5 Å². The second-order valence-electron chi connectivity index (χ2n) is 13.4. The summed E-state index contributed by atoms with van der Waals surface area (Å²) in [5.74, 6) is 2.77. The number of piperidine rings is 1. The summed E-state index contributed by atoms with van der Waals surface area (Å²) in [7, 11) is 2.17. The highest BCUT2D eigenvalue weighted by Gasteiger charge is 2.62. The third-order valence-electron chi connectivity index (χ3n) is 11.5. The molecule has 0 bridgehead atoms.